The van der Waals surface area contributed by atoms with Gasteiger partial charge in [0.15, 0.2) is 0 Å². The third-order valence-corrected chi connectivity index (χ3v) is 3.70. The maximum atomic E-state index is 5.74. The topological polar surface area (TPSA) is 26.0 Å². The van der Waals surface area contributed by atoms with E-state index in [4.69, 9.17) is 18.0 Å². The van der Waals surface area contributed by atoms with Gasteiger partial charge in [-0.2, -0.15) is 0 Å². The molecule has 0 aliphatic heterocycles. The minimum atomic E-state index is 0.471. The predicted molar refractivity (Wildman–Crippen MR) is 80.5 cm³/mol. The normalized spacial score (nSPS) is 14.6. The fraction of sp³-hybridized carbons (Fsp3) is 0.533. The van der Waals surface area contributed by atoms with E-state index >= 15 is 0 Å². The quantitative estimate of drug-likeness (QED) is 0.617. The predicted octanol–water partition coefficient (Wildman–Crippen LogP) is 4.42. The SMILES string of the molecule is CCC(c1ccc(N)cc1)C(C(C)=S)C(C)C. The van der Waals surface area contributed by atoms with Crippen LogP contribution in [-0.2, 0) is 0 Å². The Kier molecular flexibility index (Phi) is 5.13. The van der Waals surface area contributed by atoms with E-state index in [1.54, 1.807) is 0 Å². The fourth-order valence-corrected chi connectivity index (χ4v) is 3.09. The minimum Gasteiger partial charge on any atom is -0.399 e. The molecule has 0 saturated heterocycles. The second-order valence-electron chi connectivity index (χ2n) is 5.06. The fourth-order valence-electron chi connectivity index (χ4n) is 2.66. The van der Waals surface area contributed by atoms with Gasteiger partial charge in [-0.05, 0) is 53.7 Å². The highest BCUT2D eigenvalue weighted by Gasteiger charge is 2.26. The van der Waals surface area contributed by atoms with E-state index < -0.39 is 0 Å². The van der Waals surface area contributed by atoms with Crippen LogP contribution in [0.3, 0.4) is 0 Å². The van der Waals surface area contributed by atoms with Crippen LogP contribution in [0, 0.1) is 11.8 Å². The average Bonchev–Trinajstić information content (AvgIpc) is 2.26. The van der Waals surface area contributed by atoms with E-state index in [1.165, 1.54) is 5.56 Å². The van der Waals surface area contributed by atoms with Crippen molar-refractivity contribution in [2.24, 2.45) is 11.8 Å². The van der Waals surface area contributed by atoms with E-state index in [-0.39, 0.29) is 0 Å². The number of rotatable bonds is 5. The van der Waals surface area contributed by atoms with Crippen LogP contribution in [0.4, 0.5) is 5.69 Å². The molecule has 17 heavy (non-hydrogen) atoms. The van der Waals surface area contributed by atoms with Gasteiger partial charge in [-0.15, -0.1) is 0 Å². The summed E-state index contributed by atoms with van der Waals surface area (Å²) in [7, 11) is 0. The molecule has 1 aromatic rings. The van der Waals surface area contributed by atoms with E-state index in [0.717, 1.165) is 17.0 Å². The summed E-state index contributed by atoms with van der Waals surface area (Å²) >= 11 is 5.44. The first-order chi connectivity index (χ1) is 7.97. The van der Waals surface area contributed by atoms with Gasteiger partial charge < -0.3 is 5.73 Å². The summed E-state index contributed by atoms with van der Waals surface area (Å²) in [6.45, 7) is 8.80. The van der Waals surface area contributed by atoms with E-state index in [9.17, 15) is 0 Å². The lowest BCUT2D eigenvalue weighted by atomic mass is 9.76. The summed E-state index contributed by atoms with van der Waals surface area (Å²) < 4.78 is 0. The highest BCUT2D eigenvalue weighted by atomic mass is 32.1. The van der Waals surface area contributed by atoms with Crippen LogP contribution in [0.1, 0.15) is 45.6 Å². The van der Waals surface area contributed by atoms with Crippen molar-refractivity contribution in [3.8, 4) is 0 Å². The van der Waals surface area contributed by atoms with Crippen molar-refractivity contribution in [2.75, 3.05) is 5.73 Å². The number of nitrogens with two attached hydrogens (primary N) is 1. The van der Waals surface area contributed by atoms with Gasteiger partial charge in [-0.25, -0.2) is 0 Å². The van der Waals surface area contributed by atoms with Crippen LogP contribution in [0.15, 0.2) is 24.3 Å². The molecule has 0 aromatic heterocycles. The Morgan fingerprint density at radius 1 is 1.24 bits per heavy atom. The smallest absolute Gasteiger partial charge is 0.0314 e. The van der Waals surface area contributed by atoms with E-state index in [0.29, 0.717) is 17.8 Å². The zero-order chi connectivity index (χ0) is 13.0. The molecule has 2 heteroatoms. The molecule has 0 saturated carbocycles. The number of benzene rings is 1. The van der Waals surface area contributed by atoms with E-state index in [2.05, 4.69) is 39.8 Å². The molecule has 0 radical (unpaired) electrons. The lowest BCUT2D eigenvalue weighted by Gasteiger charge is -2.29. The molecule has 1 aromatic carbocycles. The van der Waals surface area contributed by atoms with Gasteiger partial charge >= 0.3 is 0 Å². The number of hydrogen-bond acceptors (Lipinski definition) is 2. The molecule has 1 rings (SSSR count). The standard InChI is InChI=1S/C15H23NS/c1-5-14(15(10(2)3)11(4)17)12-6-8-13(16)9-7-12/h6-10,14-15H,5,16H2,1-4H3. The van der Waals surface area contributed by atoms with Crippen molar-refractivity contribution in [3.63, 3.8) is 0 Å². The molecule has 2 N–H and O–H groups in total. The minimum absolute atomic E-state index is 0.471. The van der Waals surface area contributed by atoms with Gasteiger partial charge in [0.05, 0.1) is 0 Å². The molecule has 94 valence electrons. The maximum absolute atomic E-state index is 5.74. The summed E-state index contributed by atoms with van der Waals surface area (Å²) in [6, 6.07) is 8.23. The molecule has 1 nitrogen and oxygen atoms in total. The van der Waals surface area contributed by atoms with Gasteiger partial charge in [-0.1, -0.05) is 45.1 Å². The third kappa shape index (κ3) is 3.53. The molecule has 0 aliphatic rings. The van der Waals surface area contributed by atoms with Crippen molar-refractivity contribution in [3.05, 3.63) is 29.8 Å². The van der Waals surface area contributed by atoms with Crippen LogP contribution < -0.4 is 5.73 Å². The Morgan fingerprint density at radius 3 is 2.12 bits per heavy atom. The zero-order valence-corrected chi connectivity index (χ0v) is 12.1. The van der Waals surface area contributed by atoms with Gasteiger partial charge in [0.25, 0.3) is 0 Å². The number of hydrogen-bond donors (Lipinski definition) is 1. The van der Waals surface area contributed by atoms with Crippen LogP contribution in [0.5, 0.6) is 0 Å². The maximum Gasteiger partial charge on any atom is 0.0314 e. The molecule has 2 unspecified atom stereocenters. The van der Waals surface area contributed by atoms with Crippen molar-refractivity contribution < 1.29 is 0 Å². The van der Waals surface area contributed by atoms with Gasteiger partial charge in [-0.3, -0.25) is 0 Å². The first-order valence-electron chi connectivity index (χ1n) is 6.33. The largest absolute Gasteiger partial charge is 0.399 e. The lowest BCUT2D eigenvalue weighted by molar-refractivity contribution is 0.407. The highest BCUT2D eigenvalue weighted by molar-refractivity contribution is 7.80. The van der Waals surface area contributed by atoms with Crippen molar-refractivity contribution in [1.82, 2.24) is 0 Å². The second-order valence-corrected chi connectivity index (χ2v) is 5.71. The molecule has 0 bridgehead atoms. The molecule has 0 fully saturated rings. The summed E-state index contributed by atoms with van der Waals surface area (Å²) in [6.07, 6.45) is 1.11. The van der Waals surface area contributed by atoms with Crippen molar-refractivity contribution >= 4 is 22.8 Å². The first-order valence-corrected chi connectivity index (χ1v) is 6.74. The van der Waals surface area contributed by atoms with Crippen molar-refractivity contribution in [2.45, 2.75) is 40.0 Å². The van der Waals surface area contributed by atoms with Crippen molar-refractivity contribution in [1.29, 1.82) is 0 Å². The molecule has 2 atom stereocenters. The summed E-state index contributed by atoms with van der Waals surface area (Å²) in [5.74, 6) is 1.56. The Balaban J connectivity index is 3.04. The summed E-state index contributed by atoms with van der Waals surface area (Å²) in [5.41, 5.74) is 7.91. The van der Waals surface area contributed by atoms with Gasteiger partial charge in [0, 0.05) is 5.69 Å². The van der Waals surface area contributed by atoms with Crippen LogP contribution in [-0.4, -0.2) is 4.86 Å². The highest BCUT2D eigenvalue weighted by Crippen LogP contribution is 2.34. The molecule has 0 aliphatic carbocycles. The zero-order valence-electron chi connectivity index (χ0n) is 11.2. The Morgan fingerprint density at radius 2 is 1.76 bits per heavy atom. The van der Waals surface area contributed by atoms with Gasteiger partial charge in [0.2, 0.25) is 0 Å². The van der Waals surface area contributed by atoms with E-state index in [1.807, 2.05) is 12.1 Å². The molecular weight excluding hydrogens is 226 g/mol. The summed E-state index contributed by atoms with van der Waals surface area (Å²) in [5, 5.41) is 0. The third-order valence-electron chi connectivity index (χ3n) is 3.43. The number of thiocarbonyl (C=S) groups is 1. The lowest BCUT2D eigenvalue weighted by Crippen LogP contribution is -2.24. The van der Waals surface area contributed by atoms with Crippen LogP contribution in [0.25, 0.3) is 0 Å². The van der Waals surface area contributed by atoms with Crippen LogP contribution in [0.2, 0.25) is 0 Å². The first kappa shape index (κ1) is 14.2. The Hall–Kier alpha value is -0.890. The summed E-state index contributed by atoms with van der Waals surface area (Å²) in [4.78, 5) is 1.11. The van der Waals surface area contributed by atoms with Gasteiger partial charge in [0.1, 0.15) is 0 Å². The molecule has 0 amide bonds. The molecular formula is C15H23NS. The Bertz CT molecular complexity index is 367. The monoisotopic (exact) mass is 249 g/mol. The number of anilines is 1. The molecule has 0 heterocycles. The average molecular weight is 249 g/mol. The number of nitrogen functional groups attached to an aromatic ring is 1. The molecule has 0 spiro atoms. The second kappa shape index (κ2) is 6.15. The Labute approximate surface area is 110 Å². The van der Waals surface area contributed by atoms with Crippen LogP contribution >= 0.6 is 12.2 Å².